The molecule has 0 saturated carbocycles. The average Bonchev–Trinajstić information content (AvgIpc) is 3.27. The first-order valence-electron chi connectivity index (χ1n) is 10.7. The Bertz CT molecular complexity index is 1100. The third kappa shape index (κ3) is 3.63. The summed E-state index contributed by atoms with van der Waals surface area (Å²) in [5.41, 5.74) is -0.772. The van der Waals surface area contributed by atoms with Crippen molar-refractivity contribution in [2.24, 2.45) is 0 Å². The minimum atomic E-state index is -4.33. The fourth-order valence-corrected chi connectivity index (χ4v) is 9.88. The molecule has 0 aromatic heterocycles. The number of ether oxygens (including phenoxy) is 2. The maximum absolute atomic E-state index is 14.1. The number of rotatable bonds is 6. The van der Waals surface area contributed by atoms with Gasteiger partial charge in [0.25, 0.3) is 0 Å². The van der Waals surface area contributed by atoms with E-state index in [4.69, 9.17) is 9.47 Å². The summed E-state index contributed by atoms with van der Waals surface area (Å²) >= 11 is 0. The van der Waals surface area contributed by atoms with E-state index < -0.39 is 41.6 Å². The molecule has 2 saturated heterocycles. The fraction of sp³-hybridized carbons (Fsp3) is 0.417. The topological polar surface area (TPSA) is 86.7 Å². The number of hydrogen-bond donors (Lipinski definition) is 0. The Morgan fingerprint density at radius 3 is 1.88 bits per heavy atom. The van der Waals surface area contributed by atoms with Crippen molar-refractivity contribution in [3.05, 3.63) is 73.3 Å². The molecule has 2 heterocycles. The van der Waals surface area contributed by atoms with Gasteiger partial charge in [0.1, 0.15) is 0 Å². The van der Waals surface area contributed by atoms with Gasteiger partial charge in [-0.3, -0.25) is 0 Å². The van der Waals surface area contributed by atoms with E-state index in [9.17, 15) is 16.8 Å². The summed E-state index contributed by atoms with van der Waals surface area (Å²) in [4.78, 5) is -0.0547. The van der Waals surface area contributed by atoms with Crippen LogP contribution in [0.5, 0.6) is 0 Å². The molecule has 0 aliphatic carbocycles. The highest BCUT2D eigenvalue weighted by Crippen LogP contribution is 2.49. The van der Waals surface area contributed by atoms with Crippen LogP contribution < -0.4 is 0 Å². The molecular formula is C24H28O6S2. The molecule has 0 radical (unpaired) electrons. The molecule has 172 valence electrons. The number of hydrogen-bond acceptors (Lipinski definition) is 6. The molecule has 3 atom stereocenters. The van der Waals surface area contributed by atoms with Crippen molar-refractivity contribution in [2.75, 3.05) is 6.61 Å². The number of benzene rings is 2. The molecule has 2 aromatic rings. The zero-order chi connectivity index (χ0) is 23.0. The van der Waals surface area contributed by atoms with E-state index in [1.54, 1.807) is 36.4 Å². The van der Waals surface area contributed by atoms with Crippen LogP contribution in [-0.2, 0) is 29.1 Å². The lowest BCUT2D eigenvalue weighted by atomic mass is 9.88. The van der Waals surface area contributed by atoms with Crippen molar-refractivity contribution < 1.29 is 26.3 Å². The zero-order valence-corrected chi connectivity index (χ0v) is 19.6. The van der Waals surface area contributed by atoms with Gasteiger partial charge in [-0.15, -0.1) is 6.58 Å². The summed E-state index contributed by atoms with van der Waals surface area (Å²) in [5, 5.41) is 0. The van der Waals surface area contributed by atoms with Crippen LogP contribution in [0.4, 0.5) is 0 Å². The molecule has 0 amide bonds. The molecule has 2 aliphatic heterocycles. The van der Waals surface area contributed by atoms with E-state index in [0.29, 0.717) is 13.0 Å². The largest absolute Gasteiger partial charge is 0.373 e. The Morgan fingerprint density at radius 2 is 1.44 bits per heavy atom. The van der Waals surface area contributed by atoms with Gasteiger partial charge in [0.2, 0.25) is 0 Å². The highest BCUT2D eigenvalue weighted by atomic mass is 32.3. The summed E-state index contributed by atoms with van der Waals surface area (Å²) < 4.78 is 66.6. The second-order valence-corrected chi connectivity index (χ2v) is 13.4. The highest BCUT2D eigenvalue weighted by Gasteiger charge is 2.62. The van der Waals surface area contributed by atoms with Crippen molar-refractivity contribution in [1.82, 2.24) is 0 Å². The lowest BCUT2D eigenvalue weighted by molar-refractivity contribution is -0.145. The molecule has 2 aromatic carbocycles. The SMILES string of the molecule is C=C[C@H]1CC(S(=O)(=O)c2ccccc2)(S(=O)(=O)c2ccccc2)C[C@H]([C@@]2(C)CCCO2)O1. The van der Waals surface area contributed by atoms with Crippen LogP contribution in [0.1, 0.15) is 32.6 Å². The summed E-state index contributed by atoms with van der Waals surface area (Å²) in [6.45, 7) is 6.18. The smallest absolute Gasteiger partial charge is 0.199 e. The van der Waals surface area contributed by atoms with Crippen molar-refractivity contribution in [3.63, 3.8) is 0 Å². The Balaban J connectivity index is 1.96. The third-order valence-electron chi connectivity index (χ3n) is 6.63. The van der Waals surface area contributed by atoms with Crippen molar-refractivity contribution in [1.29, 1.82) is 0 Å². The highest BCUT2D eigenvalue weighted by molar-refractivity contribution is 8.10. The number of sulfone groups is 2. The van der Waals surface area contributed by atoms with Gasteiger partial charge in [-0.1, -0.05) is 42.5 Å². The summed E-state index contributed by atoms with van der Waals surface area (Å²) in [5.74, 6) is 0. The molecule has 4 rings (SSSR count). The van der Waals surface area contributed by atoms with Crippen LogP contribution in [0.15, 0.2) is 83.1 Å². The second-order valence-electron chi connectivity index (χ2n) is 8.62. The van der Waals surface area contributed by atoms with Gasteiger partial charge in [-0.05, 0) is 44.0 Å². The van der Waals surface area contributed by atoms with Crippen LogP contribution >= 0.6 is 0 Å². The first kappa shape index (κ1) is 23.2. The van der Waals surface area contributed by atoms with E-state index in [-0.39, 0.29) is 22.6 Å². The predicted molar refractivity (Wildman–Crippen MR) is 122 cm³/mol. The van der Waals surface area contributed by atoms with Crippen molar-refractivity contribution in [2.45, 2.75) is 64.3 Å². The fourth-order valence-electron chi connectivity index (χ4n) is 4.74. The maximum atomic E-state index is 14.1. The molecular weight excluding hydrogens is 448 g/mol. The molecule has 2 fully saturated rings. The lowest BCUT2D eigenvalue weighted by Gasteiger charge is -2.46. The van der Waals surface area contributed by atoms with Gasteiger partial charge in [0.15, 0.2) is 23.8 Å². The normalized spacial score (nSPS) is 28.3. The molecule has 2 aliphatic rings. The maximum Gasteiger partial charge on any atom is 0.199 e. The van der Waals surface area contributed by atoms with Gasteiger partial charge in [-0.25, -0.2) is 16.8 Å². The van der Waals surface area contributed by atoms with Crippen LogP contribution in [0, 0.1) is 0 Å². The van der Waals surface area contributed by atoms with Crippen molar-refractivity contribution >= 4 is 19.7 Å². The van der Waals surface area contributed by atoms with Gasteiger partial charge in [-0.2, -0.15) is 0 Å². The quantitative estimate of drug-likeness (QED) is 0.587. The second kappa shape index (κ2) is 8.41. The first-order valence-corrected chi connectivity index (χ1v) is 13.6. The van der Waals surface area contributed by atoms with E-state index in [1.807, 2.05) is 6.92 Å². The molecule has 32 heavy (non-hydrogen) atoms. The lowest BCUT2D eigenvalue weighted by Crippen LogP contribution is -2.59. The summed E-state index contributed by atoms with van der Waals surface area (Å²) in [7, 11) is -8.67. The zero-order valence-electron chi connectivity index (χ0n) is 18.0. The van der Waals surface area contributed by atoms with Crippen LogP contribution in [0.3, 0.4) is 0 Å². The van der Waals surface area contributed by atoms with Crippen LogP contribution in [0.25, 0.3) is 0 Å². The van der Waals surface area contributed by atoms with E-state index in [1.165, 1.54) is 30.3 Å². The van der Waals surface area contributed by atoms with Gasteiger partial charge >= 0.3 is 0 Å². The Hall–Kier alpha value is -2.00. The first-order chi connectivity index (χ1) is 15.2. The van der Waals surface area contributed by atoms with Gasteiger partial charge < -0.3 is 9.47 Å². The third-order valence-corrected chi connectivity index (χ3v) is 12.4. The minimum absolute atomic E-state index is 0.0274. The summed E-state index contributed by atoms with van der Waals surface area (Å²) in [6.07, 6.45) is 1.01. The van der Waals surface area contributed by atoms with Crippen LogP contribution in [0.2, 0.25) is 0 Å². The van der Waals surface area contributed by atoms with Gasteiger partial charge in [0, 0.05) is 19.4 Å². The molecule has 0 N–H and O–H groups in total. The van der Waals surface area contributed by atoms with E-state index >= 15 is 0 Å². The van der Waals surface area contributed by atoms with Gasteiger partial charge in [0.05, 0.1) is 27.6 Å². The summed E-state index contributed by atoms with van der Waals surface area (Å²) in [6, 6.07) is 15.6. The average molecular weight is 477 g/mol. The Morgan fingerprint density at radius 1 is 0.906 bits per heavy atom. The molecule has 0 spiro atoms. The predicted octanol–water partition coefficient (Wildman–Crippen LogP) is 3.93. The van der Waals surface area contributed by atoms with E-state index in [2.05, 4.69) is 6.58 Å². The Kier molecular flexibility index (Phi) is 6.09. The minimum Gasteiger partial charge on any atom is -0.373 e. The monoisotopic (exact) mass is 476 g/mol. The standard InChI is InChI=1S/C24H28O6S2/c1-3-19-17-24(31(25,26)20-11-6-4-7-12-20,32(27,28)21-13-8-5-9-14-21)18-22(30-19)23(2)15-10-16-29-23/h3-9,11-14,19,22H,1,10,15-18H2,2H3/t19-,22+,23+/m0/s1. The van der Waals surface area contributed by atoms with E-state index in [0.717, 1.165) is 6.42 Å². The molecule has 6 nitrogen and oxygen atoms in total. The molecule has 8 heteroatoms. The molecule has 0 bridgehead atoms. The molecule has 0 unspecified atom stereocenters. The van der Waals surface area contributed by atoms with Crippen LogP contribution in [-0.4, -0.2) is 45.3 Å². The van der Waals surface area contributed by atoms with Crippen molar-refractivity contribution in [3.8, 4) is 0 Å². The Labute approximate surface area is 190 Å².